The molecule has 0 spiro atoms. The number of alkyl halides is 1. The Balaban J connectivity index is 1.41. The summed E-state index contributed by atoms with van der Waals surface area (Å²) < 4.78 is 5.69. The highest BCUT2D eigenvalue weighted by Gasteiger charge is 2.61. The number of amides is 2. The Bertz CT molecular complexity index is 652. The van der Waals surface area contributed by atoms with Crippen molar-refractivity contribution in [2.24, 2.45) is 28.9 Å². The van der Waals surface area contributed by atoms with Crippen molar-refractivity contribution in [3.8, 4) is 0 Å². The van der Waals surface area contributed by atoms with Gasteiger partial charge in [-0.05, 0) is 70.1 Å². The molecule has 6 nitrogen and oxygen atoms in total. The molecular formula is C20H29ClN2O4. The van der Waals surface area contributed by atoms with Crippen molar-refractivity contribution in [1.82, 2.24) is 4.90 Å². The minimum absolute atomic E-state index is 0.236. The number of nitrogens with two attached hydrogens (primary N) is 1. The summed E-state index contributed by atoms with van der Waals surface area (Å²) in [6.45, 7) is 2.52. The molecule has 2 N–H and O–H groups in total. The molecule has 2 amide bonds. The molecule has 0 radical (unpaired) electrons. The first-order valence-corrected chi connectivity index (χ1v) is 10.6. The van der Waals surface area contributed by atoms with Crippen LogP contribution in [0.4, 0.5) is 0 Å². The molecule has 150 valence electrons. The molecule has 4 atom stereocenters. The van der Waals surface area contributed by atoms with Gasteiger partial charge in [0, 0.05) is 18.0 Å². The maximum Gasteiger partial charge on any atom is 0.312 e. The van der Waals surface area contributed by atoms with Crippen LogP contribution >= 0.6 is 11.6 Å². The molecule has 1 heterocycles. The number of nitrogens with zero attached hydrogens (tertiary/aromatic N) is 1. The third kappa shape index (κ3) is 3.45. The molecule has 5 aliphatic rings. The molecule has 1 aliphatic heterocycles. The highest BCUT2D eigenvalue weighted by atomic mass is 35.5. The molecule has 0 aromatic carbocycles. The Morgan fingerprint density at radius 2 is 1.85 bits per heavy atom. The van der Waals surface area contributed by atoms with Gasteiger partial charge in [0.1, 0.15) is 0 Å². The lowest BCUT2D eigenvalue weighted by Gasteiger charge is -2.58. The molecule has 5 fully saturated rings. The Labute approximate surface area is 165 Å². The SMILES string of the molecule is C[C@H](OC(=O)C12C[C@H]3C[C@@H](CC(Cl)(C3)C1)C2)C(=O)N1CCC[C@H](C(N)=O)C1. The van der Waals surface area contributed by atoms with Gasteiger partial charge in [-0.15, -0.1) is 11.6 Å². The number of hydrogen-bond acceptors (Lipinski definition) is 4. The van der Waals surface area contributed by atoms with Gasteiger partial charge in [-0.2, -0.15) is 0 Å². The Kier molecular flexibility index (Phi) is 4.68. The van der Waals surface area contributed by atoms with Crippen molar-refractivity contribution in [1.29, 1.82) is 0 Å². The summed E-state index contributed by atoms with van der Waals surface area (Å²) in [4.78, 5) is 38.6. The third-order valence-corrected chi connectivity index (χ3v) is 7.63. The number of likely N-dealkylation sites (tertiary alicyclic amines) is 1. The number of esters is 1. The second kappa shape index (κ2) is 6.64. The van der Waals surface area contributed by atoms with Crippen LogP contribution in [0.2, 0.25) is 0 Å². The average molecular weight is 397 g/mol. The second-order valence-corrected chi connectivity index (χ2v) is 10.3. The highest BCUT2D eigenvalue weighted by molar-refractivity contribution is 6.24. The van der Waals surface area contributed by atoms with Crippen LogP contribution in [0.25, 0.3) is 0 Å². The van der Waals surface area contributed by atoms with Crippen molar-refractivity contribution in [2.75, 3.05) is 13.1 Å². The minimum atomic E-state index is -0.844. The number of rotatable bonds is 4. The first-order valence-electron chi connectivity index (χ1n) is 10.2. The number of hydrogen-bond donors (Lipinski definition) is 1. The molecule has 4 bridgehead atoms. The smallest absolute Gasteiger partial charge is 0.312 e. The average Bonchev–Trinajstić information content (AvgIpc) is 2.59. The van der Waals surface area contributed by atoms with Crippen LogP contribution in [-0.4, -0.2) is 46.8 Å². The fourth-order valence-electron chi connectivity index (χ4n) is 6.39. The van der Waals surface area contributed by atoms with Crippen molar-refractivity contribution in [3.05, 3.63) is 0 Å². The molecule has 4 aliphatic carbocycles. The molecule has 0 aromatic rings. The van der Waals surface area contributed by atoms with E-state index in [2.05, 4.69) is 0 Å². The van der Waals surface area contributed by atoms with Crippen LogP contribution in [-0.2, 0) is 19.1 Å². The van der Waals surface area contributed by atoms with Crippen molar-refractivity contribution < 1.29 is 19.1 Å². The second-order valence-electron chi connectivity index (χ2n) is 9.47. The topological polar surface area (TPSA) is 89.7 Å². The molecule has 1 saturated heterocycles. The number of piperidine rings is 1. The van der Waals surface area contributed by atoms with E-state index >= 15 is 0 Å². The van der Waals surface area contributed by atoms with E-state index in [0.717, 1.165) is 32.1 Å². The number of carbonyl (C=O) groups excluding carboxylic acids is 3. The summed E-state index contributed by atoms with van der Waals surface area (Å²) in [5.74, 6) is -0.185. The lowest BCUT2D eigenvalue weighted by Crippen LogP contribution is -2.57. The fourth-order valence-corrected chi connectivity index (χ4v) is 7.08. The number of primary amides is 1. The number of ether oxygens (including phenoxy) is 1. The maximum atomic E-state index is 13.1. The summed E-state index contributed by atoms with van der Waals surface area (Å²) >= 11 is 6.80. The highest BCUT2D eigenvalue weighted by Crippen LogP contribution is 2.64. The van der Waals surface area contributed by atoms with E-state index in [9.17, 15) is 14.4 Å². The Hall–Kier alpha value is -1.30. The van der Waals surface area contributed by atoms with Gasteiger partial charge in [0.15, 0.2) is 6.10 Å². The lowest BCUT2D eigenvalue weighted by molar-refractivity contribution is -0.179. The van der Waals surface area contributed by atoms with Gasteiger partial charge in [-0.1, -0.05) is 0 Å². The minimum Gasteiger partial charge on any atom is -0.452 e. The van der Waals surface area contributed by atoms with Crippen molar-refractivity contribution >= 4 is 29.4 Å². The first-order chi connectivity index (χ1) is 12.7. The van der Waals surface area contributed by atoms with Gasteiger partial charge in [-0.25, -0.2) is 0 Å². The number of halogens is 1. The van der Waals surface area contributed by atoms with E-state index in [1.807, 2.05) is 0 Å². The summed E-state index contributed by atoms with van der Waals surface area (Å²) in [7, 11) is 0. The fraction of sp³-hybridized carbons (Fsp3) is 0.850. The number of carbonyl (C=O) groups is 3. The Morgan fingerprint density at radius 1 is 1.19 bits per heavy atom. The van der Waals surface area contributed by atoms with Crippen molar-refractivity contribution in [3.63, 3.8) is 0 Å². The van der Waals surface area contributed by atoms with E-state index in [1.54, 1.807) is 11.8 Å². The quantitative estimate of drug-likeness (QED) is 0.582. The van der Waals surface area contributed by atoms with E-state index in [4.69, 9.17) is 22.1 Å². The lowest BCUT2D eigenvalue weighted by atomic mass is 9.49. The Morgan fingerprint density at radius 3 is 2.44 bits per heavy atom. The first kappa shape index (κ1) is 19.0. The van der Waals surface area contributed by atoms with E-state index < -0.39 is 11.5 Å². The van der Waals surface area contributed by atoms with Crippen molar-refractivity contribution in [2.45, 2.75) is 69.3 Å². The zero-order valence-corrected chi connectivity index (χ0v) is 16.7. The van der Waals surface area contributed by atoms with Crippen LogP contribution in [0.3, 0.4) is 0 Å². The third-order valence-electron chi connectivity index (χ3n) is 7.19. The largest absolute Gasteiger partial charge is 0.452 e. The van der Waals surface area contributed by atoms with Gasteiger partial charge in [-0.3, -0.25) is 14.4 Å². The maximum absolute atomic E-state index is 13.1. The van der Waals surface area contributed by atoms with Gasteiger partial charge in [0.05, 0.1) is 11.3 Å². The molecule has 27 heavy (non-hydrogen) atoms. The molecule has 0 unspecified atom stereocenters. The zero-order chi connectivity index (χ0) is 19.4. The standard InChI is InChI=1S/C20H29ClN2O4/c1-12(17(25)23-4-2-3-15(10-23)16(22)24)27-18(26)19-6-13-5-14(7-19)9-20(21,8-13)11-19/h12-15H,2-11H2,1H3,(H2,22,24)/t12-,13+,14+,15-,19?,20?/m0/s1. The monoisotopic (exact) mass is 396 g/mol. The summed E-state index contributed by atoms with van der Waals surface area (Å²) in [5.41, 5.74) is 4.88. The molecule has 7 heteroatoms. The van der Waals surface area contributed by atoms with E-state index in [-0.39, 0.29) is 28.6 Å². The summed E-state index contributed by atoms with van der Waals surface area (Å²) in [6.07, 6.45) is 6.11. The zero-order valence-electron chi connectivity index (χ0n) is 15.9. The molecular weight excluding hydrogens is 368 g/mol. The van der Waals surface area contributed by atoms with Gasteiger partial charge in [0.2, 0.25) is 5.91 Å². The van der Waals surface area contributed by atoms with Gasteiger partial charge >= 0.3 is 5.97 Å². The summed E-state index contributed by atoms with van der Waals surface area (Å²) in [5, 5.41) is 0. The molecule has 0 aromatic heterocycles. The molecule has 5 rings (SSSR count). The van der Waals surface area contributed by atoms with Crippen LogP contribution in [0, 0.1) is 23.2 Å². The van der Waals surface area contributed by atoms with Gasteiger partial charge < -0.3 is 15.4 Å². The summed E-state index contributed by atoms with van der Waals surface area (Å²) in [6, 6.07) is 0. The van der Waals surface area contributed by atoms with Crippen LogP contribution in [0.1, 0.15) is 58.3 Å². The van der Waals surface area contributed by atoms with E-state index in [0.29, 0.717) is 37.8 Å². The normalized spacial score (nSPS) is 41.3. The molecule has 4 saturated carbocycles. The van der Waals surface area contributed by atoms with Crippen LogP contribution in [0.15, 0.2) is 0 Å². The predicted octanol–water partition coefficient (Wildman–Crippen LogP) is 2.22. The van der Waals surface area contributed by atoms with Crippen LogP contribution < -0.4 is 5.73 Å². The van der Waals surface area contributed by atoms with E-state index in [1.165, 1.54) is 6.42 Å². The van der Waals surface area contributed by atoms with Gasteiger partial charge in [0.25, 0.3) is 5.91 Å². The van der Waals surface area contributed by atoms with Crippen LogP contribution in [0.5, 0.6) is 0 Å². The predicted molar refractivity (Wildman–Crippen MR) is 99.8 cm³/mol.